The van der Waals surface area contributed by atoms with E-state index in [0.29, 0.717) is 18.1 Å². The second-order valence-corrected chi connectivity index (χ2v) is 4.49. The molecule has 2 heterocycles. The molecule has 0 atom stereocenters. The van der Waals surface area contributed by atoms with Crippen LogP contribution < -0.4 is 0 Å². The van der Waals surface area contributed by atoms with Crippen LogP contribution in [0.3, 0.4) is 0 Å². The quantitative estimate of drug-likeness (QED) is 0.805. The summed E-state index contributed by atoms with van der Waals surface area (Å²) in [6.07, 6.45) is 0.240. The molecule has 2 rings (SSSR count). The summed E-state index contributed by atoms with van der Waals surface area (Å²) < 4.78 is 4.71. The van der Waals surface area contributed by atoms with Gasteiger partial charge in [-0.3, -0.25) is 4.79 Å². The number of hydrogen-bond donors (Lipinski definition) is 0. The number of ether oxygens (including phenoxy) is 1. The lowest BCUT2D eigenvalue weighted by Crippen LogP contribution is -2.31. The molecule has 1 aliphatic rings. The summed E-state index contributed by atoms with van der Waals surface area (Å²) in [7, 11) is 0. The second-order valence-electron chi connectivity index (χ2n) is 4.10. The van der Waals surface area contributed by atoms with Gasteiger partial charge < -0.3 is 4.74 Å². The molecule has 0 bridgehead atoms. The van der Waals surface area contributed by atoms with Crippen LogP contribution in [0, 0.1) is 6.92 Å². The van der Waals surface area contributed by atoms with Crippen LogP contribution >= 0.6 is 11.6 Å². The fourth-order valence-electron chi connectivity index (χ4n) is 1.85. The summed E-state index contributed by atoms with van der Waals surface area (Å²) in [6, 6.07) is 3.60. The van der Waals surface area contributed by atoms with E-state index in [1.807, 2.05) is 26.8 Å². The number of carbonyl (C=O) groups excluding carboxylic acids is 2. The molecular weight excluding hydrogens is 280 g/mol. The fourth-order valence-corrected chi connectivity index (χ4v) is 2.12. The SMILES string of the molecule is CC.Cc1cc(CCC(=O)N2CCOC2=O)cc(Cl)n1. The summed E-state index contributed by atoms with van der Waals surface area (Å²) in [5.74, 6) is -0.219. The van der Waals surface area contributed by atoms with Gasteiger partial charge in [0.05, 0.1) is 6.54 Å². The predicted octanol–water partition coefficient (Wildman–Crippen LogP) is 2.98. The summed E-state index contributed by atoms with van der Waals surface area (Å²) >= 11 is 5.84. The minimum absolute atomic E-state index is 0.219. The monoisotopic (exact) mass is 298 g/mol. The van der Waals surface area contributed by atoms with Crippen LogP contribution in [-0.2, 0) is 16.0 Å². The van der Waals surface area contributed by atoms with Crippen molar-refractivity contribution in [3.05, 3.63) is 28.5 Å². The Morgan fingerprint density at radius 1 is 1.45 bits per heavy atom. The smallest absolute Gasteiger partial charge is 0.416 e. The lowest BCUT2D eigenvalue weighted by atomic mass is 10.1. The highest BCUT2D eigenvalue weighted by Gasteiger charge is 2.27. The summed E-state index contributed by atoms with van der Waals surface area (Å²) in [6.45, 7) is 6.47. The molecule has 6 heteroatoms. The third-order valence-corrected chi connectivity index (χ3v) is 2.86. The average Bonchev–Trinajstić information content (AvgIpc) is 2.84. The molecule has 5 nitrogen and oxygen atoms in total. The molecule has 0 aromatic carbocycles. The van der Waals surface area contributed by atoms with Gasteiger partial charge in [-0.05, 0) is 31.0 Å². The highest BCUT2D eigenvalue weighted by molar-refractivity contribution is 6.29. The minimum atomic E-state index is -0.552. The van der Waals surface area contributed by atoms with Crippen LogP contribution in [0.25, 0.3) is 0 Å². The number of aryl methyl sites for hydroxylation is 2. The molecule has 1 fully saturated rings. The van der Waals surface area contributed by atoms with Crippen LogP contribution in [0.15, 0.2) is 12.1 Å². The number of pyridine rings is 1. The summed E-state index contributed by atoms with van der Waals surface area (Å²) in [4.78, 5) is 28.1. The molecule has 1 saturated heterocycles. The number of halogens is 1. The van der Waals surface area contributed by atoms with E-state index >= 15 is 0 Å². The van der Waals surface area contributed by atoms with Gasteiger partial charge in [0.1, 0.15) is 11.8 Å². The van der Waals surface area contributed by atoms with Crippen molar-refractivity contribution in [2.75, 3.05) is 13.2 Å². The third kappa shape index (κ3) is 4.49. The molecule has 1 aromatic rings. The molecule has 20 heavy (non-hydrogen) atoms. The molecular formula is C14H19ClN2O3. The van der Waals surface area contributed by atoms with Crippen molar-refractivity contribution < 1.29 is 14.3 Å². The van der Waals surface area contributed by atoms with E-state index in [4.69, 9.17) is 16.3 Å². The second kappa shape index (κ2) is 7.85. The maximum atomic E-state index is 11.8. The number of cyclic esters (lactones) is 1. The lowest BCUT2D eigenvalue weighted by molar-refractivity contribution is -0.127. The van der Waals surface area contributed by atoms with Gasteiger partial charge in [-0.15, -0.1) is 0 Å². The molecule has 1 aliphatic heterocycles. The predicted molar refractivity (Wildman–Crippen MR) is 76.7 cm³/mol. The first-order valence-corrected chi connectivity index (χ1v) is 7.04. The van der Waals surface area contributed by atoms with E-state index in [1.165, 1.54) is 0 Å². The molecule has 110 valence electrons. The highest BCUT2D eigenvalue weighted by Crippen LogP contribution is 2.13. The van der Waals surface area contributed by atoms with Crippen LogP contribution in [-0.4, -0.2) is 35.0 Å². The Bertz CT molecular complexity index is 471. The maximum Gasteiger partial charge on any atom is 0.416 e. The van der Waals surface area contributed by atoms with Crippen LogP contribution in [0.4, 0.5) is 4.79 Å². The zero-order valence-electron chi connectivity index (χ0n) is 12.0. The first kappa shape index (κ1) is 16.4. The van der Waals surface area contributed by atoms with Crippen molar-refractivity contribution in [3.8, 4) is 0 Å². The van der Waals surface area contributed by atoms with E-state index in [2.05, 4.69) is 4.98 Å². The molecule has 1 aromatic heterocycles. The molecule has 0 aliphatic carbocycles. The van der Waals surface area contributed by atoms with Gasteiger partial charge in [-0.1, -0.05) is 25.4 Å². The van der Waals surface area contributed by atoms with Crippen LogP contribution in [0.1, 0.15) is 31.5 Å². The Morgan fingerprint density at radius 2 is 2.15 bits per heavy atom. The van der Waals surface area contributed by atoms with E-state index in [0.717, 1.165) is 16.2 Å². The van der Waals surface area contributed by atoms with Crippen molar-refractivity contribution >= 4 is 23.6 Å². The number of aromatic nitrogens is 1. The first-order valence-electron chi connectivity index (χ1n) is 6.66. The van der Waals surface area contributed by atoms with Crippen molar-refractivity contribution in [1.82, 2.24) is 9.88 Å². The molecule has 0 N–H and O–H groups in total. The molecule has 0 spiro atoms. The van der Waals surface area contributed by atoms with Crippen molar-refractivity contribution in [2.45, 2.75) is 33.6 Å². The summed E-state index contributed by atoms with van der Waals surface area (Å²) in [5.41, 5.74) is 1.75. The van der Waals surface area contributed by atoms with E-state index in [1.54, 1.807) is 6.07 Å². The summed E-state index contributed by atoms with van der Waals surface area (Å²) in [5, 5.41) is 0.415. The number of carbonyl (C=O) groups is 2. The number of rotatable bonds is 3. The van der Waals surface area contributed by atoms with Crippen molar-refractivity contribution in [3.63, 3.8) is 0 Å². The van der Waals surface area contributed by atoms with Crippen molar-refractivity contribution in [1.29, 1.82) is 0 Å². The Kier molecular flexibility index (Phi) is 6.45. The minimum Gasteiger partial charge on any atom is -0.447 e. The van der Waals surface area contributed by atoms with Crippen LogP contribution in [0.2, 0.25) is 5.15 Å². The van der Waals surface area contributed by atoms with Gasteiger partial charge >= 0.3 is 6.09 Å². The number of nitrogens with zero attached hydrogens (tertiary/aromatic N) is 2. The Labute approximate surface area is 123 Å². The largest absolute Gasteiger partial charge is 0.447 e. The Balaban J connectivity index is 0.000000956. The number of imide groups is 1. The van der Waals surface area contributed by atoms with Crippen LogP contribution in [0.5, 0.6) is 0 Å². The highest BCUT2D eigenvalue weighted by atomic mass is 35.5. The molecule has 0 radical (unpaired) electrons. The average molecular weight is 299 g/mol. The first-order chi connectivity index (χ1) is 9.56. The van der Waals surface area contributed by atoms with Gasteiger partial charge in [0.25, 0.3) is 0 Å². The standard InChI is InChI=1S/C12H13ClN2O3.C2H6/c1-8-6-9(7-10(13)14-8)2-3-11(16)15-4-5-18-12(15)17;1-2/h6-7H,2-5H2,1H3;1-2H3. The molecule has 2 amide bonds. The number of hydrogen-bond acceptors (Lipinski definition) is 4. The fraction of sp³-hybridized carbons (Fsp3) is 0.500. The van der Waals surface area contributed by atoms with Gasteiger partial charge in [0.15, 0.2) is 0 Å². The zero-order valence-corrected chi connectivity index (χ0v) is 12.7. The Hall–Kier alpha value is -1.62. The maximum absolute atomic E-state index is 11.8. The van der Waals surface area contributed by atoms with Gasteiger partial charge in [0, 0.05) is 12.1 Å². The van der Waals surface area contributed by atoms with E-state index < -0.39 is 6.09 Å². The van der Waals surface area contributed by atoms with Gasteiger partial charge in [0.2, 0.25) is 5.91 Å². The normalized spacial score (nSPS) is 13.6. The zero-order chi connectivity index (χ0) is 15.1. The van der Waals surface area contributed by atoms with E-state index in [-0.39, 0.29) is 18.9 Å². The van der Waals surface area contributed by atoms with Gasteiger partial charge in [-0.25, -0.2) is 14.7 Å². The number of amides is 2. The topological polar surface area (TPSA) is 59.5 Å². The lowest BCUT2D eigenvalue weighted by Gasteiger charge is -2.10. The Morgan fingerprint density at radius 3 is 2.70 bits per heavy atom. The third-order valence-electron chi connectivity index (χ3n) is 2.67. The molecule has 0 saturated carbocycles. The van der Waals surface area contributed by atoms with E-state index in [9.17, 15) is 9.59 Å². The van der Waals surface area contributed by atoms with Gasteiger partial charge in [-0.2, -0.15) is 0 Å². The van der Waals surface area contributed by atoms with Crippen molar-refractivity contribution in [2.24, 2.45) is 0 Å². The molecule has 0 unspecified atom stereocenters.